The average molecular weight is 335 g/mol. The van der Waals surface area contributed by atoms with Gasteiger partial charge in [0.15, 0.2) is 0 Å². The van der Waals surface area contributed by atoms with Crippen LogP contribution >= 0.6 is 0 Å². The van der Waals surface area contributed by atoms with E-state index in [9.17, 15) is 13.2 Å². The summed E-state index contributed by atoms with van der Waals surface area (Å²) in [6.45, 7) is 9.55. The molecule has 1 fully saturated rings. The first-order chi connectivity index (χ1) is 10.4. The molecule has 0 unspecified atom stereocenters. The number of rotatable bonds is 9. The summed E-state index contributed by atoms with van der Waals surface area (Å²) in [7, 11) is -3.30. The first kappa shape index (κ1) is 19.3. The molecule has 22 heavy (non-hydrogen) atoms. The zero-order valence-corrected chi connectivity index (χ0v) is 14.8. The second-order valence-electron chi connectivity index (χ2n) is 5.43. The fraction of sp³-hybridized carbons (Fsp3) is 0.929. The van der Waals surface area contributed by atoms with E-state index < -0.39 is 10.0 Å². The summed E-state index contributed by atoms with van der Waals surface area (Å²) in [5.41, 5.74) is 0. The Balaban J connectivity index is 2.49. The second kappa shape index (κ2) is 9.44. The molecule has 0 aromatic carbocycles. The molecule has 0 aliphatic carbocycles. The number of carbonyl (C=O) groups is 1. The Morgan fingerprint density at radius 1 is 1.14 bits per heavy atom. The Labute approximate surface area is 134 Å². The Bertz CT molecular complexity index is 431. The molecule has 130 valence electrons. The maximum atomic E-state index is 12.0. The number of hydrogen-bond acceptors (Lipinski definition) is 5. The van der Waals surface area contributed by atoms with Crippen LogP contribution < -0.4 is 0 Å². The highest BCUT2D eigenvalue weighted by atomic mass is 32.2. The van der Waals surface area contributed by atoms with E-state index in [2.05, 4.69) is 4.90 Å². The van der Waals surface area contributed by atoms with Crippen molar-refractivity contribution in [3.63, 3.8) is 0 Å². The van der Waals surface area contributed by atoms with Crippen LogP contribution in [0.4, 0.5) is 0 Å². The van der Waals surface area contributed by atoms with E-state index in [1.165, 1.54) is 10.6 Å². The summed E-state index contributed by atoms with van der Waals surface area (Å²) in [6, 6.07) is 0. The van der Waals surface area contributed by atoms with Gasteiger partial charge in [-0.25, -0.2) is 12.7 Å². The molecular formula is C14H29N3O4S. The molecule has 0 N–H and O–H groups in total. The normalized spacial score (nSPS) is 16.9. The molecular weight excluding hydrogens is 306 g/mol. The minimum Gasteiger partial charge on any atom is -0.379 e. The quantitative estimate of drug-likeness (QED) is 0.585. The highest BCUT2D eigenvalue weighted by molar-refractivity contribution is 7.88. The molecule has 0 radical (unpaired) electrons. The standard InChI is InChI=1S/C14H29N3O4S/c1-4-16(5-2)14(18)6-7-17(22(3,19)20)9-8-15-10-12-21-13-11-15/h4-13H2,1-3H3. The van der Waals surface area contributed by atoms with E-state index in [0.29, 0.717) is 39.4 Å². The highest BCUT2D eigenvalue weighted by Crippen LogP contribution is 2.04. The van der Waals surface area contributed by atoms with Gasteiger partial charge < -0.3 is 9.64 Å². The van der Waals surface area contributed by atoms with Gasteiger partial charge in [-0.2, -0.15) is 0 Å². The molecule has 0 aromatic rings. The lowest BCUT2D eigenvalue weighted by atomic mass is 10.3. The molecule has 8 heteroatoms. The van der Waals surface area contributed by atoms with Crippen LogP contribution in [0.25, 0.3) is 0 Å². The summed E-state index contributed by atoms with van der Waals surface area (Å²) >= 11 is 0. The lowest BCUT2D eigenvalue weighted by Gasteiger charge is -2.29. The Morgan fingerprint density at radius 3 is 2.23 bits per heavy atom. The first-order valence-corrected chi connectivity index (χ1v) is 9.76. The molecule has 1 heterocycles. The summed E-state index contributed by atoms with van der Waals surface area (Å²) in [6.07, 6.45) is 1.44. The van der Waals surface area contributed by atoms with Gasteiger partial charge in [0.05, 0.1) is 19.5 Å². The SMILES string of the molecule is CCN(CC)C(=O)CCN(CCN1CCOCC1)S(C)(=O)=O. The fourth-order valence-corrected chi connectivity index (χ4v) is 3.31. The van der Waals surface area contributed by atoms with Crippen LogP contribution in [0.5, 0.6) is 0 Å². The van der Waals surface area contributed by atoms with E-state index >= 15 is 0 Å². The fourth-order valence-electron chi connectivity index (χ4n) is 2.48. The van der Waals surface area contributed by atoms with E-state index in [4.69, 9.17) is 4.74 Å². The third kappa shape index (κ3) is 6.60. The zero-order valence-electron chi connectivity index (χ0n) is 14.0. The number of amides is 1. The predicted molar refractivity (Wildman–Crippen MR) is 86.2 cm³/mol. The van der Waals surface area contributed by atoms with E-state index in [1.54, 1.807) is 4.90 Å². The molecule has 0 spiro atoms. The second-order valence-corrected chi connectivity index (χ2v) is 7.41. The monoisotopic (exact) mass is 335 g/mol. The number of hydrogen-bond donors (Lipinski definition) is 0. The molecule has 0 saturated carbocycles. The maximum absolute atomic E-state index is 12.0. The number of sulfonamides is 1. The molecule has 1 amide bonds. The number of nitrogens with zero attached hydrogens (tertiary/aromatic N) is 3. The van der Waals surface area contributed by atoms with Gasteiger partial charge in [-0.1, -0.05) is 0 Å². The van der Waals surface area contributed by atoms with Gasteiger partial charge in [0.1, 0.15) is 0 Å². The van der Waals surface area contributed by atoms with Crippen molar-refractivity contribution in [3.05, 3.63) is 0 Å². The lowest BCUT2D eigenvalue weighted by molar-refractivity contribution is -0.130. The largest absolute Gasteiger partial charge is 0.379 e. The Kier molecular flexibility index (Phi) is 8.30. The van der Waals surface area contributed by atoms with E-state index in [1.807, 2.05) is 13.8 Å². The van der Waals surface area contributed by atoms with Gasteiger partial charge in [0.25, 0.3) is 0 Å². The van der Waals surface area contributed by atoms with Gasteiger partial charge in [-0.3, -0.25) is 9.69 Å². The molecule has 0 atom stereocenters. The highest BCUT2D eigenvalue weighted by Gasteiger charge is 2.21. The lowest BCUT2D eigenvalue weighted by Crippen LogP contribution is -2.44. The van der Waals surface area contributed by atoms with Crippen LogP contribution in [-0.4, -0.2) is 93.7 Å². The van der Waals surface area contributed by atoms with Gasteiger partial charge >= 0.3 is 0 Å². The molecule has 1 saturated heterocycles. The molecule has 0 aromatic heterocycles. The average Bonchev–Trinajstić information content (AvgIpc) is 2.48. The zero-order chi connectivity index (χ0) is 16.6. The van der Waals surface area contributed by atoms with Crippen molar-refractivity contribution in [2.45, 2.75) is 20.3 Å². The summed E-state index contributed by atoms with van der Waals surface area (Å²) in [5.74, 6) is 0.00465. The molecule has 0 bridgehead atoms. The Hall–Kier alpha value is -0.700. The Morgan fingerprint density at radius 2 is 1.73 bits per heavy atom. The van der Waals surface area contributed by atoms with Crippen molar-refractivity contribution < 1.29 is 17.9 Å². The summed E-state index contributed by atoms with van der Waals surface area (Å²) < 4.78 is 30.5. The molecule has 7 nitrogen and oxygen atoms in total. The van der Waals surface area contributed by atoms with Crippen molar-refractivity contribution in [1.82, 2.24) is 14.1 Å². The van der Waals surface area contributed by atoms with Gasteiger partial charge in [0.2, 0.25) is 15.9 Å². The van der Waals surface area contributed by atoms with E-state index in [-0.39, 0.29) is 18.9 Å². The molecule has 1 aliphatic heterocycles. The van der Waals surface area contributed by atoms with Crippen LogP contribution in [0.1, 0.15) is 20.3 Å². The summed E-state index contributed by atoms with van der Waals surface area (Å²) in [5, 5.41) is 0. The number of ether oxygens (including phenoxy) is 1. The topological polar surface area (TPSA) is 70.2 Å². The van der Waals surface area contributed by atoms with Crippen molar-refractivity contribution in [3.8, 4) is 0 Å². The molecule has 1 aliphatic rings. The van der Waals surface area contributed by atoms with Crippen LogP contribution in [0, 0.1) is 0 Å². The minimum absolute atomic E-state index is 0.00465. The maximum Gasteiger partial charge on any atom is 0.223 e. The van der Waals surface area contributed by atoms with Crippen molar-refractivity contribution in [2.24, 2.45) is 0 Å². The third-order valence-electron chi connectivity index (χ3n) is 3.93. The van der Waals surface area contributed by atoms with Crippen LogP contribution in [0.3, 0.4) is 0 Å². The van der Waals surface area contributed by atoms with Crippen LogP contribution in [0.2, 0.25) is 0 Å². The van der Waals surface area contributed by atoms with Crippen molar-refractivity contribution in [2.75, 3.05) is 65.3 Å². The first-order valence-electron chi connectivity index (χ1n) is 7.91. The smallest absolute Gasteiger partial charge is 0.223 e. The minimum atomic E-state index is -3.30. The van der Waals surface area contributed by atoms with Crippen LogP contribution in [-0.2, 0) is 19.6 Å². The van der Waals surface area contributed by atoms with Crippen molar-refractivity contribution in [1.29, 1.82) is 0 Å². The van der Waals surface area contributed by atoms with Gasteiger partial charge in [-0.05, 0) is 13.8 Å². The predicted octanol–water partition coefficient (Wildman–Crippen LogP) is -0.161. The van der Waals surface area contributed by atoms with Crippen LogP contribution in [0.15, 0.2) is 0 Å². The summed E-state index contributed by atoms with van der Waals surface area (Å²) in [4.78, 5) is 15.9. The van der Waals surface area contributed by atoms with Gasteiger partial charge in [0, 0.05) is 52.2 Å². The number of carbonyl (C=O) groups excluding carboxylic acids is 1. The molecule has 1 rings (SSSR count). The number of morpholine rings is 1. The van der Waals surface area contributed by atoms with Crippen molar-refractivity contribution >= 4 is 15.9 Å². The van der Waals surface area contributed by atoms with Gasteiger partial charge in [-0.15, -0.1) is 0 Å². The van der Waals surface area contributed by atoms with E-state index in [0.717, 1.165) is 13.1 Å². The third-order valence-corrected chi connectivity index (χ3v) is 5.23.